The zero-order valence-corrected chi connectivity index (χ0v) is 11.9. The zero-order valence-electron chi connectivity index (χ0n) is 11.9. The van der Waals surface area contributed by atoms with Gasteiger partial charge in [-0.05, 0) is 26.0 Å². The molecule has 1 saturated heterocycles. The molecule has 1 fully saturated rings. The number of carbonyl (C=O) groups is 1. The molecule has 0 saturated carbocycles. The third-order valence-electron chi connectivity index (χ3n) is 4.10. The van der Waals surface area contributed by atoms with Crippen molar-refractivity contribution in [1.29, 1.82) is 0 Å². The Labute approximate surface area is 118 Å². The maximum Gasteiger partial charge on any atom is 0.228 e. The van der Waals surface area contributed by atoms with Gasteiger partial charge in [-0.15, -0.1) is 0 Å². The summed E-state index contributed by atoms with van der Waals surface area (Å²) in [7, 11) is 0. The molecule has 1 aliphatic heterocycles. The maximum atomic E-state index is 12.4. The van der Waals surface area contributed by atoms with Crippen molar-refractivity contribution >= 4 is 11.6 Å². The summed E-state index contributed by atoms with van der Waals surface area (Å²) in [5.41, 5.74) is 1.72. The highest BCUT2D eigenvalue weighted by molar-refractivity contribution is 5.79. The molecule has 106 valence electrons. The van der Waals surface area contributed by atoms with Crippen molar-refractivity contribution in [3.8, 4) is 0 Å². The first-order valence-corrected chi connectivity index (χ1v) is 7.10. The molecule has 0 aromatic carbocycles. The van der Waals surface area contributed by atoms with Crippen molar-refractivity contribution < 1.29 is 4.79 Å². The third-order valence-corrected chi connectivity index (χ3v) is 4.10. The van der Waals surface area contributed by atoms with Gasteiger partial charge < -0.3 is 14.6 Å². The average molecular weight is 272 g/mol. The molecule has 20 heavy (non-hydrogen) atoms. The lowest BCUT2D eigenvalue weighted by molar-refractivity contribution is -0.134. The van der Waals surface area contributed by atoms with Gasteiger partial charge in [0.2, 0.25) is 5.91 Å². The molecule has 0 bridgehead atoms. The molecule has 5 nitrogen and oxygen atoms in total. The minimum absolute atomic E-state index is 0.161. The van der Waals surface area contributed by atoms with Crippen LogP contribution in [0.15, 0.2) is 30.6 Å². The van der Waals surface area contributed by atoms with Crippen LogP contribution >= 0.6 is 0 Å². The van der Waals surface area contributed by atoms with Gasteiger partial charge in [-0.25, -0.2) is 4.98 Å². The van der Waals surface area contributed by atoms with E-state index < -0.39 is 0 Å². The van der Waals surface area contributed by atoms with Crippen LogP contribution in [-0.2, 0) is 11.2 Å². The van der Waals surface area contributed by atoms with Gasteiger partial charge in [0.05, 0.1) is 12.1 Å². The van der Waals surface area contributed by atoms with E-state index in [4.69, 9.17) is 0 Å². The summed E-state index contributed by atoms with van der Waals surface area (Å²) < 4.78 is 1.95. The number of rotatable bonds is 2. The smallest absolute Gasteiger partial charge is 0.228 e. The van der Waals surface area contributed by atoms with Crippen LogP contribution in [0, 0.1) is 0 Å². The van der Waals surface area contributed by atoms with Crippen LogP contribution in [0.1, 0.15) is 19.5 Å². The molecular formula is C15H20N4O. The Kier molecular flexibility index (Phi) is 3.44. The first-order chi connectivity index (χ1) is 9.65. The van der Waals surface area contributed by atoms with Crippen LogP contribution in [0.5, 0.6) is 0 Å². The van der Waals surface area contributed by atoms with Gasteiger partial charge in [0.15, 0.2) is 0 Å². The fourth-order valence-electron chi connectivity index (χ4n) is 2.74. The second-order valence-electron chi connectivity index (χ2n) is 5.45. The topological polar surface area (TPSA) is 49.6 Å². The van der Waals surface area contributed by atoms with Gasteiger partial charge in [0, 0.05) is 37.6 Å². The highest BCUT2D eigenvalue weighted by Crippen LogP contribution is 2.12. The van der Waals surface area contributed by atoms with Crippen LogP contribution in [0.3, 0.4) is 0 Å². The lowest BCUT2D eigenvalue weighted by atomic mass is 10.1. The zero-order chi connectivity index (χ0) is 14.1. The predicted molar refractivity (Wildman–Crippen MR) is 77.5 cm³/mol. The molecule has 1 aliphatic rings. The number of carbonyl (C=O) groups excluding carboxylic acids is 1. The second-order valence-corrected chi connectivity index (χ2v) is 5.45. The number of imidazole rings is 1. The van der Waals surface area contributed by atoms with Crippen molar-refractivity contribution in [2.75, 3.05) is 13.1 Å². The number of piperazine rings is 1. The summed E-state index contributed by atoms with van der Waals surface area (Å²) in [6.45, 7) is 5.85. The molecule has 0 radical (unpaired) electrons. The van der Waals surface area contributed by atoms with Crippen LogP contribution < -0.4 is 5.32 Å². The van der Waals surface area contributed by atoms with Gasteiger partial charge >= 0.3 is 0 Å². The second kappa shape index (κ2) is 5.25. The summed E-state index contributed by atoms with van der Waals surface area (Å²) >= 11 is 0. The Bertz CT molecular complexity index is 588. The number of pyridine rings is 1. The number of aromatic nitrogens is 2. The van der Waals surface area contributed by atoms with Crippen molar-refractivity contribution in [1.82, 2.24) is 19.6 Å². The quantitative estimate of drug-likeness (QED) is 0.890. The number of hydrogen-bond acceptors (Lipinski definition) is 3. The van der Waals surface area contributed by atoms with Crippen LogP contribution in [-0.4, -0.2) is 45.4 Å². The number of nitrogens with zero attached hydrogens (tertiary/aromatic N) is 3. The maximum absolute atomic E-state index is 12.4. The number of nitrogens with one attached hydrogen (secondary N) is 1. The van der Waals surface area contributed by atoms with Gasteiger partial charge in [0.25, 0.3) is 0 Å². The van der Waals surface area contributed by atoms with E-state index in [0.717, 1.165) is 24.4 Å². The average Bonchev–Trinajstić information content (AvgIpc) is 2.83. The van der Waals surface area contributed by atoms with Crippen molar-refractivity contribution in [3.63, 3.8) is 0 Å². The standard InChI is InChI=1S/C15H20N4O/c1-11-12(2)19(8-6-16-11)15(20)9-13-10-18-7-4-3-5-14(18)17-13/h3-5,7,10-12,16H,6,8-9H2,1-2H3. The minimum atomic E-state index is 0.161. The SMILES string of the molecule is CC1NCCN(C(=O)Cc2cn3ccccc3n2)C1C. The van der Waals surface area contributed by atoms with E-state index in [1.165, 1.54) is 0 Å². The summed E-state index contributed by atoms with van der Waals surface area (Å²) in [6.07, 6.45) is 4.26. The Hall–Kier alpha value is -1.88. The Morgan fingerprint density at radius 3 is 3.10 bits per heavy atom. The van der Waals surface area contributed by atoms with E-state index in [2.05, 4.69) is 24.1 Å². The summed E-state index contributed by atoms with van der Waals surface area (Å²) in [5.74, 6) is 0.161. The normalized spacial score (nSPS) is 23.2. The van der Waals surface area contributed by atoms with Gasteiger partial charge in [-0.2, -0.15) is 0 Å². The van der Waals surface area contributed by atoms with Crippen molar-refractivity contribution in [2.24, 2.45) is 0 Å². The number of hydrogen-bond donors (Lipinski definition) is 1. The van der Waals surface area contributed by atoms with Crippen LogP contribution in [0.25, 0.3) is 5.65 Å². The monoisotopic (exact) mass is 272 g/mol. The number of amides is 1. The molecular weight excluding hydrogens is 252 g/mol. The van der Waals surface area contributed by atoms with Crippen molar-refractivity contribution in [2.45, 2.75) is 32.4 Å². The van der Waals surface area contributed by atoms with Crippen molar-refractivity contribution in [3.05, 3.63) is 36.3 Å². The van der Waals surface area contributed by atoms with E-state index in [1.807, 2.05) is 39.9 Å². The van der Waals surface area contributed by atoms with Gasteiger partial charge in [0.1, 0.15) is 5.65 Å². The molecule has 2 unspecified atom stereocenters. The fraction of sp³-hybridized carbons (Fsp3) is 0.467. The molecule has 5 heteroatoms. The number of fused-ring (bicyclic) bond motifs is 1. The Morgan fingerprint density at radius 1 is 1.45 bits per heavy atom. The van der Waals surface area contributed by atoms with Crippen LogP contribution in [0.4, 0.5) is 0 Å². The predicted octanol–water partition coefficient (Wildman–Crippen LogP) is 1.09. The molecule has 1 amide bonds. The fourth-order valence-corrected chi connectivity index (χ4v) is 2.74. The minimum Gasteiger partial charge on any atom is -0.337 e. The summed E-state index contributed by atoms with van der Waals surface area (Å²) in [4.78, 5) is 18.9. The molecule has 2 aromatic rings. The summed E-state index contributed by atoms with van der Waals surface area (Å²) in [5, 5.41) is 3.39. The van der Waals surface area contributed by atoms with Crippen LogP contribution in [0.2, 0.25) is 0 Å². The first-order valence-electron chi connectivity index (χ1n) is 7.10. The third kappa shape index (κ3) is 2.41. The Balaban J connectivity index is 1.75. The molecule has 2 aromatic heterocycles. The molecule has 0 spiro atoms. The highest BCUT2D eigenvalue weighted by Gasteiger charge is 2.28. The van der Waals surface area contributed by atoms with E-state index in [1.54, 1.807) is 0 Å². The van der Waals surface area contributed by atoms with E-state index in [-0.39, 0.29) is 11.9 Å². The lowest BCUT2D eigenvalue weighted by Crippen LogP contribution is -2.57. The Morgan fingerprint density at radius 2 is 2.30 bits per heavy atom. The molecule has 3 heterocycles. The molecule has 1 N–H and O–H groups in total. The van der Waals surface area contributed by atoms with E-state index >= 15 is 0 Å². The largest absolute Gasteiger partial charge is 0.337 e. The van der Waals surface area contributed by atoms with Gasteiger partial charge in [-0.1, -0.05) is 6.07 Å². The first kappa shape index (κ1) is 13.1. The van der Waals surface area contributed by atoms with Gasteiger partial charge in [-0.3, -0.25) is 4.79 Å². The lowest BCUT2D eigenvalue weighted by Gasteiger charge is -2.38. The molecule has 2 atom stereocenters. The highest BCUT2D eigenvalue weighted by atomic mass is 16.2. The van der Waals surface area contributed by atoms with E-state index in [9.17, 15) is 4.79 Å². The molecule has 3 rings (SSSR count). The summed E-state index contributed by atoms with van der Waals surface area (Å²) in [6, 6.07) is 6.43. The molecule has 0 aliphatic carbocycles. The van der Waals surface area contributed by atoms with E-state index in [0.29, 0.717) is 12.5 Å².